The topological polar surface area (TPSA) is 20.2 Å². The quantitative estimate of drug-likeness (QED) is 0.600. The van der Waals surface area contributed by atoms with Crippen LogP contribution in [0, 0.1) is 0 Å². The Labute approximate surface area is 96.4 Å². The average Bonchev–Trinajstić information content (AvgIpc) is 2.18. The minimum absolute atomic E-state index is 0.443. The first-order valence-electron chi connectivity index (χ1n) is 5.07. The summed E-state index contributed by atoms with van der Waals surface area (Å²) in [5, 5.41) is 10.5. The zero-order valence-corrected chi connectivity index (χ0v) is 9.80. The van der Waals surface area contributed by atoms with E-state index in [0.717, 1.165) is 11.1 Å². The molecule has 0 spiro atoms. The molecule has 0 aliphatic rings. The molecule has 0 fully saturated rings. The van der Waals surface area contributed by atoms with E-state index in [1.165, 1.54) is 0 Å². The number of rotatable bonds is 5. The minimum atomic E-state index is -0.866. The van der Waals surface area contributed by atoms with Crippen LogP contribution in [0.3, 0.4) is 0 Å². The van der Waals surface area contributed by atoms with Gasteiger partial charge in [-0.25, -0.2) is 0 Å². The third-order valence-corrected chi connectivity index (χ3v) is 2.60. The molecule has 0 aliphatic heterocycles. The van der Waals surface area contributed by atoms with Crippen LogP contribution in [0.1, 0.15) is 25.3 Å². The van der Waals surface area contributed by atoms with Gasteiger partial charge in [0.05, 0.1) is 5.60 Å². The Morgan fingerprint density at radius 2 is 2.00 bits per heavy atom. The van der Waals surface area contributed by atoms with E-state index < -0.39 is 5.60 Å². The van der Waals surface area contributed by atoms with Gasteiger partial charge in [-0.1, -0.05) is 35.9 Å². The van der Waals surface area contributed by atoms with Crippen LogP contribution in [0.5, 0.6) is 0 Å². The molecule has 1 aromatic rings. The Kier molecular flexibility index (Phi) is 4.37. The van der Waals surface area contributed by atoms with Crippen molar-refractivity contribution >= 4 is 11.6 Å². The van der Waals surface area contributed by atoms with Gasteiger partial charge in [0.25, 0.3) is 0 Å². The molecule has 0 aliphatic carbocycles. The molecule has 0 radical (unpaired) electrons. The fourth-order valence-corrected chi connectivity index (χ4v) is 2.05. The number of hydrogen-bond acceptors (Lipinski definition) is 1. The van der Waals surface area contributed by atoms with Gasteiger partial charge in [-0.3, -0.25) is 0 Å². The number of hydrogen-bond donors (Lipinski definition) is 1. The second-order valence-electron chi connectivity index (χ2n) is 3.97. The predicted molar refractivity (Wildman–Crippen MR) is 65.1 cm³/mol. The number of alkyl halides is 1. The molecule has 0 heterocycles. The van der Waals surface area contributed by atoms with Gasteiger partial charge >= 0.3 is 0 Å². The molecule has 0 amide bonds. The van der Waals surface area contributed by atoms with Crippen LogP contribution in [0.15, 0.2) is 42.5 Å². The molecule has 0 aromatic heterocycles. The molecule has 2 heteroatoms. The van der Waals surface area contributed by atoms with Crippen LogP contribution in [-0.2, 0) is 5.60 Å². The predicted octanol–water partition coefficient (Wildman–Crippen LogP) is 3.47. The van der Waals surface area contributed by atoms with Gasteiger partial charge < -0.3 is 5.11 Å². The van der Waals surface area contributed by atoms with Crippen LogP contribution in [0.4, 0.5) is 0 Å². The van der Waals surface area contributed by atoms with Gasteiger partial charge in [0.2, 0.25) is 0 Å². The molecule has 1 aromatic carbocycles. The summed E-state index contributed by atoms with van der Waals surface area (Å²) in [6, 6.07) is 9.64. The van der Waals surface area contributed by atoms with Crippen LogP contribution >= 0.6 is 11.6 Å². The molecular weight excluding hydrogens is 208 g/mol. The highest BCUT2D eigenvalue weighted by atomic mass is 35.5. The maximum atomic E-state index is 10.5. The molecule has 1 atom stereocenters. The second-order valence-corrected chi connectivity index (χ2v) is 4.35. The van der Waals surface area contributed by atoms with E-state index in [4.69, 9.17) is 11.6 Å². The van der Waals surface area contributed by atoms with Gasteiger partial charge in [0.15, 0.2) is 0 Å². The summed E-state index contributed by atoms with van der Waals surface area (Å²) in [7, 11) is 0. The number of halogens is 1. The molecule has 82 valence electrons. The lowest BCUT2D eigenvalue weighted by molar-refractivity contribution is 0.0338. The zero-order chi connectivity index (χ0) is 11.3. The lowest BCUT2D eigenvalue weighted by Crippen LogP contribution is -2.26. The summed E-state index contributed by atoms with van der Waals surface area (Å²) in [6.07, 6.45) is 1.11. The minimum Gasteiger partial charge on any atom is -0.385 e. The summed E-state index contributed by atoms with van der Waals surface area (Å²) in [6.45, 7) is 5.76. The van der Waals surface area contributed by atoms with Crippen molar-refractivity contribution in [2.24, 2.45) is 0 Å². The first-order valence-corrected chi connectivity index (χ1v) is 5.60. The summed E-state index contributed by atoms with van der Waals surface area (Å²) < 4.78 is 0. The Bertz CT molecular complexity index is 321. The van der Waals surface area contributed by atoms with Gasteiger partial charge in [-0.2, -0.15) is 0 Å². The van der Waals surface area contributed by atoms with E-state index in [1.807, 2.05) is 37.3 Å². The largest absolute Gasteiger partial charge is 0.385 e. The molecule has 15 heavy (non-hydrogen) atoms. The van der Waals surface area contributed by atoms with Crippen LogP contribution < -0.4 is 0 Å². The van der Waals surface area contributed by atoms with Crippen molar-refractivity contribution in [1.82, 2.24) is 0 Å². The van der Waals surface area contributed by atoms with Crippen molar-refractivity contribution in [2.45, 2.75) is 25.4 Å². The third-order valence-electron chi connectivity index (χ3n) is 2.41. The number of benzene rings is 1. The summed E-state index contributed by atoms with van der Waals surface area (Å²) in [5.41, 5.74) is 1.01. The molecular formula is C13H17ClO. The normalized spacial score (nSPS) is 14.6. The standard InChI is InChI=1S/C13H17ClO/c1-11(2)10-13(15,8-9-14)12-6-4-3-5-7-12/h3-7,15H,1,8-10H2,2H3/t13-/m0/s1. The molecule has 0 unspecified atom stereocenters. The SMILES string of the molecule is C=C(C)C[C@@](O)(CCCl)c1ccccc1. The Morgan fingerprint density at radius 1 is 1.40 bits per heavy atom. The first kappa shape index (κ1) is 12.3. The highest BCUT2D eigenvalue weighted by Crippen LogP contribution is 2.31. The smallest absolute Gasteiger partial charge is 0.0944 e. The second kappa shape index (κ2) is 5.34. The highest BCUT2D eigenvalue weighted by molar-refractivity contribution is 6.17. The maximum Gasteiger partial charge on any atom is 0.0944 e. The van der Waals surface area contributed by atoms with E-state index in [-0.39, 0.29) is 0 Å². The number of aliphatic hydroxyl groups is 1. The third kappa shape index (κ3) is 3.37. The van der Waals surface area contributed by atoms with E-state index >= 15 is 0 Å². The molecule has 0 saturated carbocycles. The fourth-order valence-electron chi connectivity index (χ4n) is 1.74. The summed E-state index contributed by atoms with van der Waals surface area (Å²) >= 11 is 5.73. The molecule has 0 saturated heterocycles. The van der Waals surface area contributed by atoms with Crippen LogP contribution in [0.25, 0.3) is 0 Å². The van der Waals surface area contributed by atoms with Crippen molar-refractivity contribution in [1.29, 1.82) is 0 Å². The van der Waals surface area contributed by atoms with Crippen LogP contribution in [-0.4, -0.2) is 11.0 Å². The Hall–Kier alpha value is -0.790. The van der Waals surface area contributed by atoms with E-state index in [0.29, 0.717) is 18.7 Å². The fraction of sp³-hybridized carbons (Fsp3) is 0.385. The monoisotopic (exact) mass is 224 g/mol. The van der Waals surface area contributed by atoms with Crippen molar-refractivity contribution in [3.05, 3.63) is 48.0 Å². The highest BCUT2D eigenvalue weighted by Gasteiger charge is 2.28. The Balaban J connectivity index is 2.95. The lowest BCUT2D eigenvalue weighted by atomic mass is 9.85. The van der Waals surface area contributed by atoms with Crippen molar-refractivity contribution < 1.29 is 5.11 Å². The Morgan fingerprint density at radius 3 is 2.47 bits per heavy atom. The zero-order valence-electron chi connectivity index (χ0n) is 9.04. The first-order chi connectivity index (χ1) is 7.08. The van der Waals surface area contributed by atoms with Gasteiger partial charge in [0.1, 0.15) is 0 Å². The lowest BCUT2D eigenvalue weighted by Gasteiger charge is -2.28. The molecule has 1 nitrogen and oxygen atoms in total. The average molecular weight is 225 g/mol. The molecule has 1 rings (SSSR count). The molecule has 1 N–H and O–H groups in total. The van der Waals surface area contributed by atoms with Crippen LogP contribution in [0.2, 0.25) is 0 Å². The van der Waals surface area contributed by atoms with Crippen molar-refractivity contribution in [3.8, 4) is 0 Å². The van der Waals surface area contributed by atoms with E-state index in [9.17, 15) is 5.11 Å². The van der Waals surface area contributed by atoms with Gasteiger partial charge in [0, 0.05) is 12.3 Å². The maximum absolute atomic E-state index is 10.5. The molecule has 0 bridgehead atoms. The van der Waals surface area contributed by atoms with Crippen molar-refractivity contribution in [3.63, 3.8) is 0 Å². The van der Waals surface area contributed by atoms with E-state index in [2.05, 4.69) is 6.58 Å². The van der Waals surface area contributed by atoms with E-state index in [1.54, 1.807) is 0 Å². The summed E-state index contributed by atoms with van der Waals surface area (Å²) in [4.78, 5) is 0. The van der Waals surface area contributed by atoms with Crippen molar-refractivity contribution in [2.75, 3.05) is 5.88 Å². The summed E-state index contributed by atoms with van der Waals surface area (Å²) in [5.74, 6) is 0.443. The van der Waals surface area contributed by atoms with Gasteiger partial charge in [-0.15, -0.1) is 18.2 Å². The van der Waals surface area contributed by atoms with Gasteiger partial charge in [-0.05, 0) is 18.9 Å².